The number of aryl methyl sites for hydroxylation is 2. The van der Waals surface area contributed by atoms with E-state index in [-0.39, 0.29) is 17.9 Å². The average molecular weight is 421 g/mol. The Labute approximate surface area is 187 Å². The summed E-state index contributed by atoms with van der Waals surface area (Å²) in [4.78, 5) is 28.4. The van der Waals surface area contributed by atoms with Gasteiger partial charge in [-0.3, -0.25) is 9.59 Å². The van der Waals surface area contributed by atoms with Crippen LogP contribution in [0.25, 0.3) is 0 Å². The molecule has 2 aromatic rings. The van der Waals surface area contributed by atoms with Crippen LogP contribution in [0.5, 0.6) is 0 Å². The minimum absolute atomic E-state index is 0.00349. The standard InChI is InChI=1S/C27H36N2O2/c1-4-25(27(31)28-24-12-8-9-13-24)29(15-14-22-10-6-5-7-11-22)26(30)19-23-17-20(2)16-21(3)18-23/h5-7,10-11,16-18,24-25H,4,8-9,12-15,19H2,1-3H3,(H,28,31)/t25-/m0/s1. The zero-order chi connectivity index (χ0) is 22.2. The van der Waals surface area contributed by atoms with Crippen molar-refractivity contribution in [3.05, 3.63) is 70.8 Å². The third-order valence-corrected chi connectivity index (χ3v) is 6.21. The SMILES string of the molecule is CC[C@@H](C(=O)NC1CCCC1)N(CCc1ccccc1)C(=O)Cc1cc(C)cc(C)c1. The second-order valence-electron chi connectivity index (χ2n) is 8.91. The molecule has 2 amide bonds. The van der Waals surface area contributed by atoms with Crippen LogP contribution in [-0.2, 0) is 22.4 Å². The predicted octanol–water partition coefficient (Wildman–Crippen LogP) is 4.75. The van der Waals surface area contributed by atoms with Crippen LogP contribution >= 0.6 is 0 Å². The third kappa shape index (κ3) is 6.68. The summed E-state index contributed by atoms with van der Waals surface area (Å²) in [7, 11) is 0. The number of nitrogens with zero attached hydrogens (tertiary/aromatic N) is 1. The molecule has 0 aliphatic heterocycles. The van der Waals surface area contributed by atoms with Crippen molar-refractivity contribution in [3.8, 4) is 0 Å². The van der Waals surface area contributed by atoms with Crippen molar-refractivity contribution in [1.29, 1.82) is 0 Å². The largest absolute Gasteiger partial charge is 0.352 e. The molecule has 31 heavy (non-hydrogen) atoms. The lowest BCUT2D eigenvalue weighted by Gasteiger charge is -2.31. The highest BCUT2D eigenvalue weighted by atomic mass is 16.2. The first-order valence-electron chi connectivity index (χ1n) is 11.7. The zero-order valence-corrected chi connectivity index (χ0v) is 19.2. The van der Waals surface area contributed by atoms with Crippen LogP contribution in [0.3, 0.4) is 0 Å². The average Bonchev–Trinajstić information content (AvgIpc) is 3.23. The van der Waals surface area contributed by atoms with Crippen LogP contribution in [-0.4, -0.2) is 35.3 Å². The van der Waals surface area contributed by atoms with Gasteiger partial charge in [0.25, 0.3) is 0 Å². The van der Waals surface area contributed by atoms with E-state index in [2.05, 4.69) is 49.5 Å². The van der Waals surface area contributed by atoms with E-state index in [4.69, 9.17) is 0 Å². The second-order valence-corrected chi connectivity index (χ2v) is 8.91. The lowest BCUT2D eigenvalue weighted by molar-refractivity contribution is -0.140. The molecule has 0 saturated heterocycles. The summed E-state index contributed by atoms with van der Waals surface area (Å²) in [6, 6.07) is 16.3. The number of rotatable bonds is 9. The van der Waals surface area contributed by atoms with Crippen molar-refractivity contribution in [2.24, 2.45) is 0 Å². The highest BCUT2D eigenvalue weighted by Gasteiger charge is 2.30. The van der Waals surface area contributed by atoms with Gasteiger partial charge in [-0.25, -0.2) is 0 Å². The molecule has 1 atom stereocenters. The monoisotopic (exact) mass is 420 g/mol. The fraction of sp³-hybridized carbons (Fsp3) is 0.481. The van der Waals surface area contributed by atoms with Crippen LogP contribution in [0.15, 0.2) is 48.5 Å². The first kappa shape index (κ1) is 23.1. The molecule has 3 rings (SSSR count). The minimum Gasteiger partial charge on any atom is -0.352 e. The first-order chi connectivity index (χ1) is 15.0. The molecule has 0 unspecified atom stereocenters. The van der Waals surface area contributed by atoms with Gasteiger partial charge in [-0.1, -0.05) is 79.4 Å². The van der Waals surface area contributed by atoms with E-state index in [1.54, 1.807) is 0 Å². The summed E-state index contributed by atoms with van der Waals surface area (Å²) in [6.45, 7) is 6.65. The van der Waals surface area contributed by atoms with Crippen LogP contribution in [0, 0.1) is 13.8 Å². The molecule has 1 aliphatic carbocycles. The number of amides is 2. The molecule has 1 saturated carbocycles. The summed E-state index contributed by atoms with van der Waals surface area (Å²) in [5.74, 6) is 0.0191. The summed E-state index contributed by atoms with van der Waals surface area (Å²) in [6.07, 6.45) is 6.12. The third-order valence-electron chi connectivity index (χ3n) is 6.21. The first-order valence-corrected chi connectivity index (χ1v) is 11.7. The highest BCUT2D eigenvalue weighted by Crippen LogP contribution is 2.19. The Hall–Kier alpha value is -2.62. The van der Waals surface area contributed by atoms with Gasteiger partial charge < -0.3 is 10.2 Å². The van der Waals surface area contributed by atoms with Gasteiger partial charge in [0, 0.05) is 12.6 Å². The molecular formula is C27H36N2O2. The summed E-state index contributed by atoms with van der Waals surface area (Å²) in [5, 5.41) is 3.21. The van der Waals surface area contributed by atoms with E-state index >= 15 is 0 Å². The maximum absolute atomic E-state index is 13.4. The molecule has 0 bridgehead atoms. The lowest BCUT2D eigenvalue weighted by Crippen LogP contribution is -2.52. The Morgan fingerprint density at radius 3 is 2.26 bits per heavy atom. The van der Waals surface area contributed by atoms with Crippen molar-refractivity contribution in [2.75, 3.05) is 6.54 Å². The maximum Gasteiger partial charge on any atom is 0.243 e. The smallest absolute Gasteiger partial charge is 0.243 e. The zero-order valence-electron chi connectivity index (χ0n) is 19.2. The van der Waals surface area contributed by atoms with Gasteiger partial charge >= 0.3 is 0 Å². The molecule has 0 spiro atoms. The highest BCUT2D eigenvalue weighted by molar-refractivity contribution is 5.88. The van der Waals surface area contributed by atoms with E-state index < -0.39 is 6.04 Å². The Morgan fingerprint density at radius 1 is 1.00 bits per heavy atom. The van der Waals surface area contributed by atoms with Gasteiger partial charge in [-0.2, -0.15) is 0 Å². The molecule has 1 fully saturated rings. The van der Waals surface area contributed by atoms with Crippen LogP contribution in [0.1, 0.15) is 61.3 Å². The number of carbonyl (C=O) groups excluding carboxylic acids is 2. The van der Waals surface area contributed by atoms with Crippen molar-refractivity contribution < 1.29 is 9.59 Å². The number of hydrogen-bond donors (Lipinski definition) is 1. The van der Waals surface area contributed by atoms with Gasteiger partial charge in [0.1, 0.15) is 6.04 Å². The Balaban J connectivity index is 1.77. The number of hydrogen-bond acceptors (Lipinski definition) is 2. The maximum atomic E-state index is 13.4. The summed E-state index contributed by atoms with van der Waals surface area (Å²) in [5.41, 5.74) is 4.50. The van der Waals surface area contributed by atoms with Crippen molar-refractivity contribution in [2.45, 2.75) is 77.8 Å². The second kappa shape index (κ2) is 11.1. The summed E-state index contributed by atoms with van der Waals surface area (Å²) < 4.78 is 0. The topological polar surface area (TPSA) is 49.4 Å². The van der Waals surface area contributed by atoms with Crippen LogP contribution in [0.2, 0.25) is 0 Å². The molecule has 166 valence electrons. The number of nitrogens with one attached hydrogen (secondary N) is 1. The molecule has 0 heterocycles. The van der Waals surface area contributed by atoms with Crippen molar-refractivity contribution in [1.82, 2.24) is 10.2 Å². The number of carbonyl (C=O) groups is 2. The van der Waals surface area contributed by atoms with E-state index in [0.717, 1.165) is 36.0 Å². The normalized spacial score (nSPS) is 14.9. The molecule has 4 nitrogen and oxygen atoms in total. The predicted molar refractivity (Wildman–Crippen MR) is 126 cm³/mol. The lowest BCUT2D eigenvalue weighted by atomic mass is 10.0. The molecule has 0 aromatic heterocycles. The molecule has 0 radical (unpaired) electrons. The summed E-state index contributed by atoms with van der Waals surface area (Å²) >= 11 is 0. The molecule has 4 heteroatoms. The van der Waals surface area contributed by atoms with E-state index in [9.17, 15) is 9.59 Å². The van der Waals surface area contributed by atoms with E-state index in [1.165, 1.54) is 18.4 Å². The quantitative estimate of drug-likeness (QED) is 0.636. The Morgan fingerprint density at radius 2 is 1.65 bits per heavy atom. The van der Waals surface area contributed by atoms with E-state index in [1.807, 2.05) is 30.0 Å². The Kier molecular flexibility index (Phi) is 8.27. The molecular weight excluding hydrogens is 384 g/mol. The van der Waals surface area contributed by atoms with Gasteiger partial charge in [0.2, 0.25) is 11.8 Å². The fourth-order valence-electron chi connectivity index (χ4n) is 4.71. The van der Waals surface area contributed by atoms with Crippen molar-refractivity contribution in [3.63, 3.8) is 0 Å². The van der Waals surface area contributed by atoms with Crippen molar-refractivity contribution >= 4 is 11.8 Å². The van der Waals surface area contributed by atoms with E-state index in [0.29, 0.717) is 19.4 Å². The van der Waals surface area contributed by atoms with Crippen LogP contribution < -0.4 is 5.32 Å². The van der Waals surface area contributed by atoms with Gasteiger partial charge in [-0.05, 0) is 50.7 Å². The molecule has 1 N–H and O–H groups in total. The van der Waals surface area contributed by atoms with Gasteiger partial charge in [-0.15, -0.1) is 0 Å². The minimum atomic E-state index is -0.428. The Bertz CT molecular complexity index is 852. The number of benzene rings is 2. The molecule has 1 aliphatic rings. The van der Waals surface area contributed by atoms with Gasteiger partial charge in [0.15, 0.2) is 0 Å². The molecule has 2 aromatic carbocycles. The fourth-order valence-corrected chi connectivity index (χ4v) is 4.71. The van der Waals surface area contributed by atoms with Crippen LogP contribution in [0.4, 0.5) is 0 Å². The van der Waals surface area contributed by atoms with Gasteiger partial charge in [0.05, 0.1) is 6.42 Å².